The van der Waals surface area contributed by atoms with Gasteiger partial charge in [-0.15, -0.1) is 0 Å². The van der Waals surface area contributed by atoms with Crippen LogP contribution in [0.1, 0.15) is 112 Å². The first-order valence-corrected chi connectivity index (χ1v) is 28.2. The molecule has 2 aliphatic rings. The number of aromatic nitrogens is 2. The number of halogens is 2. The fraction of sp³-hybridized carbons (Fsp3) is 0.473. The summed E-state index contributed by atoms with van der Waals surface area (Å²) in [5, 5.41) is 18.8. The molecule has 0 saturated heterocycles. The summed E-state index contributed by atoms with van der Waals surface area (Å²) in [4.78, 5) is 55.3. The summed E-state index contributed by atoms with van der Waals surface area (Å²) in [6.45, 7) is 2.70. The molecular weight excluding hydrogens is 1000 g/mol. The zero-order valence-electron chi connectivity index (χ0n) is 44.6. The lowest BCUT2D eigenvalue weighted by Gasteiger charge is -2.32. The number of nitrogens with one attached hydrogen (secondary N) is 2. The average molecular weight is 1070 g/mol. The van der Waals surface area contributed by atoms with Crippen molar-refractivity contribution in [3.8, 4) is 17.2 Å². The van der Waals surface area contributed by atoms with E-state index in [4.69, 9.17) is 14.2 Å². The molecule has 2 aromatic carbocycles. The monoisotopic (exact) mass is 1070 g/mol. The number of benzene rings is 2. The number of nitro groups is 1. The molecule has 75 heavy (non-hydrogen) atoms. The first-order chi connectivity index (χ1) is 35.8. The number of unbranched alkanes of at least 4 members (excludes halogenated alkanes) is 1. The number of amides is 2. The van der Waals surface area contributed by atoms with Gasteiger partial charge in [0, 0.05) is 84.6 Å². The number of ketones is 1. The number of pyridine rings is 1. The highest BCUT2D eigenvalue weighted by molar-refractivity contribution is 8.76. The number of nitrogens with zero attached hydrogens (tertiary/aromatic N) is 5. The molecule has 6 rings (SSSR count). The van der Waals surface area contributed by atoms with Gasteiger partial charge in [-0.3, -0.25) is 24.5 Å². The van der Waals surface area contributed by atoms with E-state index in [9.17, 15) is 24.5 Å². The Morgan fingerprint density at radius 3 is 2.39 bits per heavy atom. The largest absolute Gasteiger partial charge is 0.737 e. The molecule has 0 aliphatic carbocycles. The van der Waals surface area contributed by atoms with E-state index in [-0.39, 0.29) is 73.8 Å². The van der Waals surface area contributed by atoms with Crippen LogP contribution >= 0.6 is 21.6 Å². The number of Topliss-reactive ketones (excluding diaryl/α,β-unsaturated/α-hetero) is 1. The van der Waals surface area contributed by atoms with Gasteiger partial charge in [0.15, 0.2) is 22.9 Å². The van der Waals surface area contributed by atoms with Crippen LogP contribution in [0.15, 0.2) is 89.2 Å². The van der Waals surface area contributed by atoms with Crippen molar-refractivity contribution in [1.29, 1.82) is 0 Å². The molecule has 404 valence electrons. The summed E-state index contributed by atoms with van der Waals surface area (Å²) in [5.41, 5.74) is 4.47. The molecule has 2 amide bonds. The number of ether oxygens (including phenoxy) is 3. The average Bonchev–Trinajstić information content (AvgIpc) is 3.93. The smallest absolute Gasteiger partial charge is 0.497 e. The standard InChI is InChI=1S/C55H72BF2N7O8S2/c1-9-40(33-44(66)23-22-43-32-39(3)47-36-49-42(17-14-29-65(4,5)6)34-48(63(49)56(57,58)62(43)47)41-20-24-45(71-7)25-21-41)55(68)61-27-12-10-18-53(67)59-28-30-73-52-37-50(64(69)70)46(35-51(52)72-8)38(2)16-15-31-74-75-54-19-11-13-26-60-54/h11,13,19-21,24-26,32,34-38,40H,9-10,12,14-18,22-23,27-31,33H2,1-8H3,(H-,59,61,67,68)/p+1. The second kappa shape index (κ2) is 27.2. The van der Waals surface area contributed by atoms with Gasteiger partial charge in [-0.2, -0.15) is 0 Å². The number of hydrogen-bond donors (Lipinski definition) is 2. The van der Waals surface area contributed by atoms with Gasteiger partial charge in [-0.1, -0.05) is 30.7 Å². The number of allylic oxidation sites excluding steroid dienone is 2. The number of fused-ring (bicyclic) bond motifs is 2. The number of rotatable bonds is 31. The van der Waals surface area contributed by atoms with E-state index >= 15 is 8.63 Å². The Morgan fingerprint density at radius 1 is 0.933 bits per heavy atom. The first kappa shape index (κ1) is 58.3. The quantitative estimate of drug-likeness (QED) is 0.0123. The van der Waals surface area contributed by atoms with Crippen LogP contribution in [0.2, 0.25) is 0 Å². The molecule has 4 aromatic rings. The van der Waals surface area contributed by atoms with Crippen LogP contribution < -0.4 is 24.8 Å². The van der Waals surface area contributed by atoms with Gasteiger partial charge in [0.05, 0.1) is 59.4 Å². The lowest BCUT2D eigenvalue weighted by Crippen LogP contribution is -2.51. The van der Waals surface area contributed by atoms with Crippen LogP contribution in [-0.2, 0) is 20.8 Å². The highest BCUT2D eigenvalue weighted by Gasteiger charge is 2.54. The van der Waals surface area contributed by atoms with Crippen LogP contribution in [0.5, 0.6) is 17.2 Å². The highest BCUT2D eigenvalue weighted by Crippen LogP contribution is 2.42. The van der Waals surface area contributed by atoms with E-state index < -0.39 is 17.8 Å². The Balaban J connectivity index is 0.934. The number of carbonyl (C=O) groups excluding carboxylic acids is 3. The number of aryl methyl sites for hydroxylation is 2. The molecule has 0 radical (unpaired) electrons. The summed E-state index contributed by atoms with van der Waals surface area (Å²) >= 11 is 0. The predicted octanol–water partition coefficient (Wildman–Crippen LogP) is 10.3. The Labute approximate surface area is 448 Å². The maximum atomic E-state index is 17.2. The molecule has 2 atom stereocenters. The van der Waals surface area contributed by atoms with Crippen LogP contribution in [0.25, 0.3) is 6.08 Å². The van der Waals surface area contributed by atoms with Crippen LogP contribution in [-0.4, -0.2) is 121 Å². The third kappa shape index (κ3) is 15.8. The van der Waals surface area contributed by atoms with E-state index in [1.54, 1.807) is 71.3 Å². The summed E-state index contributed by atoms with van der Waals surface area (Å²) < 4.78 is 54.3. The van der Waals surface area contributed by atoms with Gasteiger partial charge in [0.1, 0.15) is 23.2 Å². The molecule has 2 N–H and O–H groups in total. The molecule has 0 saturated carbocycles. The molecule has 0 fully saturated rings. The zero-order valence-corrected chi connectivity index (χ0v) is 46.3. The number of methoxy groups -OCH3 is 2. The predicted molar refractivity (Wildman–Crippen MR) is 295 cm³/mol. The molecular formula is C55H73BF2N7O8S2+. The normalized spacial score (nSPS) is 14.5. The van der Waals surface area contributed by atoms with Gasteiger partial charge < -0.3 is 46.9 Å². The van der Waals surface area contributed by atoms with Crippen molar-refractivity contribution in [2.45, 2.75) is 102 Å². The molecule has 2 unspecified atom stereocenters. The molecule has 2 aromatic heterocycles. The topological polar surface area (TPSA) is 167 Å². The van der Waals surface area contributed by atoms with E-state index in [0.29, 0.717) is 83.2 Å². The second-order valence-corrected chi connectivity index (χ2v) is 22.6. The Bertz CT molecular complexity index is 2750. The van der Waals surface area contributed by atoms with E-state index in [2.05, 4.69) is 36.8 Å². The summed E-state index contributed by atoms with van der Waals surface area (Å²) in [5.74, 6) is 0.750. The summed E-state index contributed by atoms with van der Waals surface area (Å²) in [7, 11) is 12.7. The van der Waals surface area contributed by atoms with Gasteiger partial charge in [-0.25, -0.2) is 4.98 Å². The molecule has 20 heteroatoms. The second-order valence-electron chi connectivity index (χ2n) is 20.2. The van der Waals surface area contributed by atoms with E-state index in [1.165, 1.54) is 17.7 Å². The lowest BCUT2D eigenvalue weighted by molar-refractivity contribution is -0.870. The first-order valence-electron chi connectivity index (χ1n) is 25.9. The minimum absolute atomic E-state index is 0.00611. The summed E-state index contributed by atoms with van der Waals surface area (Å²) in [6, 6.07) is 17.7. The molecule has 4 heterocycles. The van der Waals surface area contributed by atoms with Gasteiger partial charge in [-0.05, 0) is 128 Å². The third-order valence-electron chi connectivity index (χ3n) is 13.6. The Morgan fingerprint density at radius 2 is 1.71 bits per heavy atom. The maximum Gasteiger partial charge on any atom is 0.737 e. The van der Waals surface area contributed by atoms with E-state index in [0.717, 1.165) is 51.1 Å². The van der Waals surface area contributed by atoms with Crippen LogP contribution in [0, 0.1) is 23.0 Å². The van der Waals surface area contributed by atoms with Crippen molar-refractivity contribution in [2.75, 3.05) is 67.4 Å². The fourth-order valence-corrected chi connectivity index (χ4v) is 11.5. The molecule has 2 aliphatic heterocycles. The SMILES string of the molecule is CCC(CC(=O)CCc1cc(C)c2n1[B-](F)(F)[N+]1=C(c3ccc(OC)cc3)C=C(CCC[N+](C)(C)C)C1=C2)C(=O)NCCCCC(=O)NCCOc1cc([N+](=O)[O-])c(C(C)CCCSSc2ccccn2)cc1OC. The van der Waals surface area contributed by atoms with Crippen molar-refractivity contribution in [1.82, 2.24) is 20.1 Å². The van der Waals surface area contributed by atoms with Crippen molar-refractivity contribution in [3.05, 3.63) is 122 Å². The Hall–Kier alpha value is -5.99. The van der Waals surface area contributed by atoms with Gasteiger partial charge in [0.2, 0.25) is 11.8 Å². The molecule has 0 spiro atoms. The van der Waals surface area contributed by atoms with Gasteiger partial charge in [0.25, 0.3) is 5.69 Å². The Kier molecular flexibility index (Phi) is 21.1. The van der Waals surface area contributed by atoms with E-state index in [1.807, 2.05) is 51.1 Å². The minimum Gasteiger partial charge on any atom is -0.497 e. The van der Waals surface area contributed by atoms with Crippen LogP contribution in [0.4, 0.5) is 14.3 Å². The number of hydrogen-bond acceptors (Lipinski definition) is 11. The number of carbonyl (C=O) groups is 3. The number of nitro benzene ring substituents is 1. The minimum atomic E-state index is -4.35. The van der Waals surface area contributed by atoms with Crippen molar-refractivity contribution in [3.63, 3.8) is 0 Å². The number of quaternary nitrogens is 1. The van der Waals surface area contributed by atoms with Crippen molar-refractivity contribution >= 4 is 63.6 Å². The van der Waals surface area contributed by atoms with Gasteiger partial charge >= 0.3 is 6.97 Å². The van der Waals surface area contributed by atoms with Crippen LogP contribution in [0.3, 0.4) is 0 Å². The van der Waals surface area contributed by atoms with Crippen molar-refractivity contribution in [2.24, 2.45) is 5.92 Å². The molecule has 15 nitrogen and oxygen atoms in total. The van der Waals surface area contributed by atoms with Crippen molar-refractivity contribution < 1.29 is 51.1 Å². The third-order valence-corrected chi connectivity index (χ3v) is 15.9. The lowest BCUT2D eigenvalue weighted by atomic mass is 9.88. The zero-order chi connectivity index (χ0) is 54.3. The maximum absolute atomic E-state index is 17.2. The summed E-state index contributed by atoms with van der Waals surface area (Å²) in [6.07, 6.45) is 10.3. The highest BCUT2D eigenvalue weighted by atomic mass is 33.1. The molecule has 0 bridgehead atoms. The fourth-order valence-electron chi connectivity index (χ4n) is 9.51.